The minimum Gasteiger partial charge on any atom is -0.492 e. The molecular weight excluding hydrogens is 186 g/mol. The molecule has 1 heterocycles. The summed E-state index contributed by atoms with van der Waals surface area (Å²) in [6.45, 7) is 4.11. The largest absolute Gasteiger partial charge is 0.492 e. The molecule has 0 bridgehead atoms. The van der Waals surface area contributed by atoms with Crippen molar-refractivity contribution in [3.63, 3.8) is 0 Å². The molecule has 0 aliphatic carbocycles. The number of hydrogen-bond acceptors (Lipinski definition) is 2. The van der Waals surface area contributed by atoms with E-state index in [1.807, 2.05) is 6.07 Å². The predicted molar refractivity (Wildman–Crippen MR) is 62.3 cm³/mol. The van der Waals surface area contributed by atoms with E-state index in [1.165, 1.54) is 18.4 Å². The van der Waals surface area contributed by atoms with Gasteiger partial charge in [0.15, 0.2) is 0 Å². The van der Waals surface area contributed by atoms with E-state index in [-0.39, 0.29) is 0 Å². The topological polar surface area (TPSA) is 21.3 Å². The average Bonchev–Trinajstić information content (AvgIpc) is 2.79. The van der Waals surface area contributed by atoms with Crippen LogP contribution in [0.15, 0.2) is 24.3 Å². The van der Waals surface area contributed by atoms with Gasteiger partial charge in [-0.3, -0.25) is 0 Å². The molecule has 2 heteroatoms. The summed E-state index contributed by atoms with van der Waals surface area (Å²) in [4.78, 5) is 0. The Kier molecular flexibility index (Phi) is 3.62. The molecule has 1 saturated heterocycles. The number of benzene rings is 1. The zero-order chi connectivity index (χ0) is 10.5. The molecule has 1 atom stereocenters. The number of ether oxygens (including phenoxy) is 1. The van der Waals surface area contributed by atoms with Crippen molar-refractivity contribution in [1.29, 1.82) is 0 Å². The summed E-state index contributed by atoms with van der Waals surface area (Å²) in [6.07, 6.45) is 3.56. The lowest BCUT2D eigenvalue weighted by molar-refractivity contribution is 0.275. The zero-order valence-corrected chi connectivity index (χ0v) is 9.33. The quantitative estimate of drug-likeness (QED) is 0.815. The van der Waals surface area contributed by atoms with Crippen molar-refractivity contribution in [2.24, 2.45) is 0 Å². The van der Waals surface area contributed by atoms with Crippen LogP contribution in [0.2, 0.25) is 0 Å². The van der Waals surface area contributed by atoms with Crippen molar-refractivity contribution >= 4 is 0 Å². The van der Waals surface area contributed by atoms with Gasteiger partial charge in [0.2, 0.25) is 0 Å². The van der Waals surface area contributed by atoms with Crippen LogP contribution in [0.4, 0.5) is 0 Å². The van der Waals surface area contributed by atoms with Crippen molar-refractivity contribution in [3.8, 4) is 5.75 Å². The fourth-order valence-electron chi connectivity index (χ4n) is 2.03. The molecular formula is C13H19NO. The fourth-order valence-corrected chi connectivity index (χ4v) is 2.03. The van der Waals surface area contributed by atoms with Crippen molar-refractivity contribution in [2.45, 2.75) is 32.2 Å². The van der Waals surface area contributed by atoms with Crippen LogP contribution in [0.5, 0.6) is 5.75 Å². The number of para-hydroxylation sites is 1. The van der Waals surface area contributed by atoms with E-state index in [0.29, 0.717) is 6.04 Å². The van der Waals surface area contributed by atoms with Gasteiger partial charge in [-0.05, 0) is 37.4 Å². The van der Waals surface area contributed by atoms with E-state index < -0.39 is 0 Å². The molecule has 1 aliphatic heterocycles. The van der Waals surface area contributed by atoms with Gasteiger partial charge in [0.25, 0.3) is 0 Å². The molecule has 1 N–H and O–H groups in total. The normalized spacial score (nSPS) is 20.5. The second-order valence-corrected chi connectivity index (χ2v) is 4.07. The molecule has 0 radical (unpaired) electrons. The summed E-state index contributed by atoms with van der Waals surface area (Å²) in [5, 5.41) is 3.44. The van der Waals surface area contributed by atoms with E-state index in [0.717, 1.165) is 25.3 Å². The number of nitrogens with one attached hydrogen (secondary N) is 1. The molecule has 1 aromatic carbocycles. The van der Waals surface area contributed by atoms with Crippen molar-refractivity contribution < 1.29 is 4.74 Å². The minimum atomic E-state index is 0.551. The predicted octanol–water partition coefficient (Wildman–Crippen LogP) is 2.38. The SMILES string of the molecule is CCc1ccccc1OC[C@H]1CCCN1. The third-order valence-corrected chi connectivity index (χ3v) is 2.96. The van der Waals surface area contributed by atoms with Crippen LogP contribution in [0, 0.1) is 0 Å². The van der Waals surface area contributed by atoms with E-state index in [4.69, 9.17) is 4.74 Å². The Morgan fingerprint density at radius 3 is 3.00 bits per heavy atom. The highest BCUT2D eigenvalue weighted by Crippen LogP contribution is 2.19. The van der Waals surface area contributed by atoms with Gasteiger partial charge in [-0.1, -0.05) is 25.1 Å². The maximum Gasteiger partial charge on any atom is 0.122 e. The van der Waals surface area contributed by atoms with E-state index >= 15 is 0 Å². The number of aryl methyl sites for hydroxylation is 1. The Bertz CT molecular complexity index is 305. The number of hydrogen-bond donors (Lipinski definition) is 1. The van der Waals surface area contributed by atoms with Gasteiger partial charge in [0.1, 0.15) is 12.4 Å². The molecule has 1 aliphatic rings. The average molecular weight is 205 g/mol. The highest BCUT2D eigenvalue weighted by Gasteiger charge is 2.14. The van der Waals surface area contributed by atoms with Gasteiger partial charge in [0, 0.05) is 6.04 Å². The molecule has 0 spiro atoms. The lowest BCUT2D eigenvalue weighted by Gasteiger charge is -2.14. The standard InChI is InChI=1S/C13H19NO/c1-2-11-6-3-4-8-13(11)15-10-12-7-5-9-14-12/h3-4,6,8,12,14H,2,5,7,9-10H2,1H3/t12-/m1/s1. The van der Waals surface area contributed by atoms with Gasteiger partial charge in [-0.2, -0.15) is 0 Å². The van der Waals surface area contributed by atoms with E-state index in [9.17, 15) is 0 Å². The Hall–Kier alpha value is -1.02. The van der Waals surface area contributed by atoms with Gasteiger partial charge >= 0.3 is 0 Å². The van der Waals surface area contributed by atoms with Gasteiger partial charge in [-0.15, -0.1) is 0 Å². The van der Waals surface area contributed by atoms with Gasteiger partial charge in [0.05, 0.1) is 0 Å². The van der Waals surface area contributed by atoms with E-state index in [2.05, 4.69) is 30.4 Å². The van der Waals surface area contributed by atoms with Crippen LogP contribution in [-0.2, 0) is 6.42 Å². The first-order valence-electron chi connectivity index (χ1n) is 5.84. The summed E-state index contributed by atoms with van der Waals surface area (Å²) in [5.74, 6) is 1.05. The molecule has 2 nitrogen and oxygen atoms in total. The highest BCUT2D eigenvalue weighted by atomic mass is 16.5. The monoisotopic (exact) mass is 205 g/mol. The van der Waals surface area contributed by atoms with Crippen molar-refractivity contribution in [2.75, 3.05) is 13.2 Å². The second kappa shape index (κ2) is 5.17. The lowest BCUT2D eigenvalue weighted by atomic mass is 10.1. The second-order valence-electron chi connectivity index (χ2n) is 4.07. The molecule has 0 aromatic heterocycles. The third kappa shape index (κ3) is 2.72. The Balaban J connectivity index is 1.91. The van der Waals surface area contributed by atoms with Crippen molar-refractivity contribution in [3.05, 3.63) is 29.8 Å². The lowest BCUT2D eigenvalue weighted by Crippen LogP contribution is -2.28. The summed E-state index contributed by atoms with van der Waals surface area (Å²) in [5.41, 5.74) is 1.30. The zero-order valence-electron chi connectivity index (χ0n) is 9.33. The van der Waals surface area contributed by atoms with Crippen molar-refractivity contribution in [1.82, 2.24) is 5.32 Å². The number of rotatable bonds is 4. The van der Waals surface area contributed by atoms with E-state index in [1.54, 1.807) is 0 Å². The molecule has 82 valence electrons. The maximum absolute atomic E-state index is 5.85. The summed E-state index contributed by atoms with van der Waals surface area (Å²) < 4.78 is 5.85. The van der Waals surface area contributed by atoms with Crippen LogP contribution in [0.3, 0.4) is 0 Å². The molecule has 0 saturated carbocycles. The van der Waals surface area contributed by atoms with Crippen LogP contribution in [0.25, 0.3) is 0 Å². The molecule has 15 heavy (non-hydrogen) atoms. The fraction of sp³-hybridized carbons (Fsp3) is 0.538. The molecule has 2 rings (SSSR count). The van der Waals surface area contributed by atoms with Gasteiger partial charge in [-0.25, -0.2) is 0 Å². The molecule has 1 fully saturated rings. The first kappa shape index (κ1) is 10.5. The third-order valence-electron chi connectivity index (χ3n) is 2.96. The summed E-state index contributed by atoms with van der Waals surface area (Å²) in [6, 6.07) is 8.86. The Morgan fingerprint density at radius 2 is 2.27 bits per heavy atom. The van der Waals surface area contributed by atoms with Crippen LogP contribution < -0.4 is 10.1 Å². The Labute approximate surface area is 91.6 Å². The van der Waals surface area contributed by atoms with Crippen LogP contribution >= 0.6 is 0 Å². The molecule has 1 aromatic rings. The minimum absolute atomic E-state index is 0.551. The summed E-state index contributed by atoms with van der Waals surface area (Å²) >= 11 is 0. The molecule has 0 unspecified atom stereocenters. The van der Waals surface area contributed by atoms with Crippen LogP contribution in [0.1, 0.15) is 25.3 Å². The Morgan fingerprint density at radius 1 is 1.40 bits per heavy atom. The van der Waals surface area contributed by atoms with Crippen LogP contribution in [-0.4, -0.2) is 19.2 Å². The first-order chi connectivity index (χ1) is 7.40. The first-order valence-corrected chi connectivity index (χ1v) is 5.84. The smallest absolute Gasteiger partial charge is 0.122 e. The summed E-state index contributed by atoms with van der Waals surface area (Å²) in [7, 11) is 0. The van der Waals surface area contributed by atoms with Gasteiger partial charge < -0.3 is 10.1 Å². The molecule has 0 amide bonds. The highest BCUT2D eigenvalue weighted by molar-refractivity contribution is 5.33. The maximum atomic E-state index is 5.85.